The van der Waals surface area contributed by atoms with Crippen LogP contribution in [-0.2, 0) is 16.1 Å². The van der Waals surface area contributed by atoms with Crippen LogP contribution in [0.15, 0.2) is 48.5 Å². The number of hydrogen-bond donors (Lipinski definition) is 1. The van der Waals surface area contributed by atoms with Crippen LogP contribution in [-0.4, -0.2) is 43.0 Å². The number of nitrogens with one attached hydrogen (secondary N) is 1. The fourth-order valence-corrected chi connectivity index (χ4v) is 2.92. The van der Waals surface area contributed by atoms with Crippen LogP contribution in [0.4, 0.5) is 0 Å². The number of amides is 2. The van der Waals surface area contributed by atoms with Crippen molar-refractivity contribution in [3.8, 4) is 11.5 Å². The minimum atomic E-state index is -0.657. The fourth-order valence-electron chi connectivity index (χ4n) is 2.73. The first-order chi connectivity index (χ1) is 14.0. The first-order valence-corrected chi connectivity index (χ1v) is 9.91. The second-order valence-electron chi connectivity index (χ2n) is 6.56. The van der Waals surface area contributed by atoms with E-state index >= 15 is 0 Å². The largest absolute Gasteiger partial charge is 0.497 e. The number of methoxy groups -OCH3 is 1. The molecule has 156 valence electrons. The molecule has 2 amide bonds. The van der Waals surface area contributed by atoms with Crippen molar-refractivity contribution in [1.82, 2.24) is 10.2 Å². The zero-order chi connectivity index (χ0) is 21.2. The van der Waals surface area contributed by atoms with E-state index < -0.39 is 6.04 Å². The molecular formula is C22H27ClN2O4. The van der Waals surface area contributed by atoms with Gasteiger partial charge in [-0.3, -0.25) is 9.59 Å². The lowest BCUT2D eigenvalue weighted by Crippen LogP contribution is -2.49. The summed E-state index contributed by atoms with van der Waals surface area (Å²) in [5.41, 5.74) is 0.852. The van der Waals surface area contributed by atoms with Gasteiger partial charge in [0.05, 0.1) is 12.1 Å². The minimum Gasteiger partial charge on any atom is -0.497 e. The number of benzene rings is 2. The van der Waals surface area contributed by atoms with Crippen molar-refractivity contribution < 1.29 is 19.1 Å². The Kier molecular flexibility index (Phi) is 8.80. The Morgan fingerprint density at radius 3 is 2.62 bits per heavy atom. The van der Waals surface area contributed by atoms with Gasteiger partial charge in [0.25, 0.3) is 5.91 Å². The van der Waals surface area contributed by atoms with Gasteiger partial charge in [-0.1, -0.05) is 42.8 Å². The van der Waals surface area contributed by atoms with Crippen molar-refractivity contribution >= 4 is 23.4 Å². The fraction of sp³-hybridized carbons (Fsp3) is 0.364. The average Bonchev–Trinajstić information content (AvgIpc) is 2.74. The van der Waals surface area contributed by atoms with Gasteiger partial charge in [-0.15, -0.1) is 0 Å². The second kappa shape index (κ2) is 11.3. The molecule has 2 rings (SSSR count). The predicted octanol–water partition coefficient (Wildman–Crippen LogP) is 3.67. The Balaban J connectivity index is 2.16. The number of halogens is 1. The van der Waals surface area contributed by atoms with Gasteiger partial charge in [-0.2, -0.15) is 0 Å². The van der Waals surface area contributed by atoms with E-state index in [4.69, 9.17) is 21.1 Å². The predicted molar refractivity (Wildman–Crippen MR) is 113 cm³/mol. The molecule has 7 heteroatoms. The molecule has 0 spiro atoms. The summed E-state index contributed by atoms with van der Waals surface area (Å²) in [4.78, 5) is 26.9. The molecule has 0 fully saturated rings. The summed E-state index contributed by atoms with van der Waals surface area (Å²) in [6.07, 6.45) is 0.817. The summed E-state index contributed by atoms with van der Waals surface area (Å²) in [5, 5.41) is 3.26. The Bertz CT molecular complexity index is 828. The summed E-state index contributed by atoms with van der Waals surface area (Å²) in [7, 11) is 1.58. The molecule has 0 bridgehead atoms. The second-order valence-corrected chi connectivity index (χ2v) is 6.97. The van der Waals surface area contributed by atoms with Gasteiger partial charge in [0.15, 0.2) is 6.61 Å². The van der Waals surface area contributed by atoms with E-state index in [9.17, 15) is 9.59 Å². The highest BCUT2D eigenvalue weighted by atomic mass is 35.5. The Morgan fingerprint density at radius 2 is 1.93 bits per heavy atom. The van der Waals surface area contributed by atoms with Crippen LogP contribution in [0.1, 0.15) is 25.8 Å². The molecule has 0 aliphatic heterocycles. The van der Waals surface area contributed by atoms with Crippen molar-refractivity contribution in [3.63, 3.8) is 0 Å². The molecule has 29 heavy (non-hydrogen) atoms. The van der Waals surface area contributed by atoms with Crippen molar-refractivity contribution in [2.45, 2.75) is 32.9 Å². The molecule has 1 unspecified atom stereocenters. The molecule has 2 aromatic carbocycles. The maximum atomic E-state index is 13.0. The van der Waals surface area contributed by atoms with E-state index in [0.29, 0.717) is 23.1 Å². The number of nitrogens with zero attached hydrogens (tertiary/aromatic N) is 1. The van der Waals surface area contributed by atoms with Gasteiger partial charge in [0.2, 0.25) is 5.91 Å². The normalized spacial score (nSPS) is 11.4. The summed E-state index contributed by atoms with van der Waals surface area (Å²) < 4.78 is 10.8. The van der Waals surface area contributed by atoms with E-state index in [2.05, 4.69) is 5.32 Å². The molecule has 0 aliphatic rings. The molecule has 0 aliphatic carbocycles. The van der Waals surface area contributed by atoms with Crippen LogP contribution < -0.4 is 14.8 Å². The first kappa shape index (κ1) is 22.6. The highest BCUT2D eigenvalue weighted by Gasteiger charge is 2.26. The molecule has 0 radical (unpaired) electrons. The van der Waals surface area contributed by atoms with E-state index in [-0.39, 0.29) is 25.0 Å². The van der Waals surface area contributed by atoms with Gasteiger partial charge in [-0.05, 0) is 43.2 Å². The van der Waals surface area contributed by atoms with Crippen LogP contribution in [0.2, 0.25) is 5.02 Å². The summed E-state index contributed by atoms with van der Waals surface area (Å²) in [5.74, 6) is 0.588. The molecule has 0 heterocycles. The van der Waals surface area contributed by atoms with Gasteiger partial charge in [0, 0.05) is 13.1 Å². The minimum absolute atomic E-state index is 0.208. The third kappa shape index (κ3) is 6.68. The number of carbonyl (C=O) groups excluding carboxylic acids is 2. The molecule has 0 saturated carbocycles. The van der Waals surface area contributed by atoms with Crippen LogP contribution >= 0.6 is 11.6 Å². The maximum absolute atomic E-state index is 13.0. The van der Waals surface area contributed by atoms with Gasteiger partial charge in [-0.25, -0.2) is 0 Å². The Hall–Kier alpha value is -2.73. The molecule has 0 aromatic heterocycles. The Morgan fingerprint density at radius 1 is 1.17 bits per heavy atom. The third-order valence-corrected chi connectivity index (χ3v) is 4.70. The van der Waals surface area contributed by atoms with Crippen molar-refractivity contribution in [2.24, 2.45) is 0 Å². The lowest BCUT2D eigenvalue weighted by Gasteiger charge is -2.29. The monoisotopic (exact) mass is 418 g/mol. The van der Waals surface area contributed by atoms with Crippen LogP contribution in [0, 0.1) is 0 Å². The molecule has 2 aromatic rings. The summed E-state index contributed by atoms with van der Waals surface area (Å²) in [6.45, 7) is 4.27. The van der Waals surface area contributed by atoms with Crippen LogP contribution in [0.3, 0.4) is 0 Å². The molecule has 1 N–H and O–H groups in total. The highest BCUT2D eigenvalue weighted by molar-refractivity contribution is 6.32. The molecule has 0 saturated heterocycles. The summed E-state index contributed by atoms with van der Waals surface area (Å²) >= 11 is 6.09. The lowest BCUT2D eigenvalue weighted by atomic mass is 10.1. The molecular weight excluding hydrogens is 392 g/mol. The average molecular weight is 419 g/mol. The van der Waals surface area contributed by atoms with E-state index in [1.54, 1.807) is 38.3 Å². The van der Waals surface area contributed by atoms with Crippen LogP contribution in [0.5, 0.6) is 11.5 Å². The van der Waals surface area contributed by atoms with E-state index in [1.807, 2.05) is 31.2 Å². The first-order valence-electron chi connectivity index (χ1n) is 9.53. The smallest absolute Gasteiger partial charge is 0.261 e. The van der Waals surface area contributed by atoms with Gasteiger partial charge in [0.1, 0.15) is 17.5 Å². The number of hydrogen-bond acceptors (Lipinski definition) is 4. The van der Waals surface area contributed by atoms with Crippen LogP contribution in [0.25, 0.3) is 0 Å². The maximum Gasteiger partial charge on any atom is 0.261 e. The lowest BCUT2D eigenvalue weighted by molar-refractivity contribution is -0.142. The van der Waals surface area contributed by atoms with Gasteiger partial charge < -0.3 is 19.7 Å². The van der Waals surface area contributed by atoms with Crippen molar-refractivity contribution in [1.29, 1.82) is 0 Å². The number of rotatable bonds is 10. The number of carbonyl (C=O) groups is 2. The standard InChI is InChI=1S/C22H27ClN2O4/c1-4-12-24-22(27)16(2)25(14-17-8-7-9-18(13-17)28-3)21(26)15-29-20-11-6-5-10-19(20)23/h5-11,13,16H,4,12,14-15H2,1-3H3,(H,24,27). The van der Waals surface area contributed by atoms with Crippen molar-refractivity contribution in [2.75, 3.05) is 20.3 Å². The quantitative estimate of drug-likeness (QED) is 0.639. The molecule has 6 nitrogen and oxygen atoms in total. The zero-order valence-corrected chi connectivity index (χ0v) is 17.7. The third-order valence-electron chi connectivity index (χ3n) is 4.39. The summed E-state index contributed by atoms with van der Waals surface area (Å²) in [6, 6.07) is 13.7. The Labute approximate surface area is 176 Å². The number of ether oxygens (including phenoxy) is 2. The molecule has 1 atom stereocenters. The van der Waals surface area contributed by atoms with E-state index in [0.717, 1.165) is 12.0 Å². The zero-order valence-electron chi connectivity index (χ0n) is 17.0. The SMILES string of the molecule is CCCNC(=O)C(C)N(Cc1cccc(OC)c1)C(=O)COc1ccccc1Cl. The highest BCUT2D eigenvalue weighted by Crippen LogP contribution is 2.23. The topological polar surface area (TPSA) is 67.9 Å². The number of para-hydroxylation sites is 1. The van der Waals surface area contributed by atoms with Gasteiger partial charge >= 0.3 is 0 Å². The van der Waals surface area contributed by atoms with Crippen molar-refractivity contribution in [3.05, 3.63) is 59.1 Å². The van der Waals surface area contributed by atoms with E-state index in [1.165, 1.54) is 4.90 Å².